The van der Waals surface area contributed by atoms with Gasteiger partial charge in [0.1, 0.15) is 5.69 Å². The van der Waals surface area contributed by atoms with Crippen molar-refractivity contribution in [2.45, 2.75) is 19.1 Å². The van der Waals surface area contributed by atoms with E-state index in [0.29, 0.717) is 11.1 Å². The van der Waals surface area contributed by atoms with E-state index < -0.39 is 11.7 Å². The molecule has 0 aliphatic carbocycles. The Kier molecular flexibility index (Phi) is 6.09. The molecule has 2 heterocycles. The number of pyridine rings is 1. The van der Waals surface area contributed by atoms with Gasteiger partial charge in [-0.15, -0.1) is 0 Å². The molecule has 2 aromatic carbocycles. The van der Waals surface area contributed by atoms with Crippen LogP contribution in [0.5, 0.6) is 0 Å². The SMILES string of the molecule is N#CCCNC(=O)c1cc(-c2cccc3nn(Cc4cccc(C(F)(F)F)c4)cc23)ccn1. The molecule has 0 fully saturated rings. The van der Waals surface area contributed by atoms with Crippen molar-refractivity contribution < 1.29 is 18.0 Å². The van der Waals surface area contributed by atoms with Gasteiger partial charge in [-0.1, -0.05) is 24.3 Å². The van der Waals surface area contributed by atoms with E-state index in [1.165, 1.54) is 12.3 Å². The number of carbonyl (C=O) groups excluding carboxylic acids is 1. The minimum absolute atomic E-state index is 0.181. The lowest BCUT2D eigenvalue weighted by molar-refractivity contribution is -0.137. The number of alkyl halides is 3. The van der Waals surface area contributed by atoms with Crippen molar-refractivity contribution in [3.05, 3.63) is 83.8 Å². The van der Waals surface area contributed by atoms with Gasteiger partial charge >= 0.3 is 6.18 Å². The third-order valence-electron chi connectivity index (χ3n) is 5.02. The molecule has 0 radical (unpaired) electrons. The van der Waals surface area contributed by atoms with Crippen LogP contribution in [0.1, 0.15) is 28.0 Å². The quantitative estimate of drug-likeness (QED) is 0.428. The van der Waals surface area contributed by atoms with Crippen LogP contribution in [0.25, 0.3) is 22.0 Å². The summed E-state index contributed by atoms with van der Waals surface area (Å²) >= 11 is 0. The molecule has 166 valence electrons. The number of hydrogen-bond acceptors (Lipinski definition) is 4. The third kappa shape index (κ3) is 5.01. The van der Waals surface area contributed by atoms with E-state index in [9.17, 15) is 18.0 Å². The standard InChI is InChI=1S/C24H18F3N5O/c25-24(26,27)18-5-1-4-16(12-18)14-32-15-20-19(6-2-7-21(20)31-32)17-8-11-29-22(13-17)23(33)30-10-3-9-28/h1-2,4-8,11-13,15H,3,10,14H2,(H,30,33). The van der Waals surface area contributed by atoms with Gasteiger partial charge < -0.3 is 5.32 Å². The Morgan fingerprint density at radius 1 is 1.12 bits per heavy atom. The van der Waals surface area contributed by atoms with Crippen LogP contribution in [0.15, 0.2) is 67.0 Å². The molecule has 2 aromatic heterocycles. The van der Waals surface area contributed by atoms with Crippen LogP contribution in [0.2, 0.25) is 0 Å². The Morgan fingerprint density at radius 3 is 2.73 bits per heavy atom. The topological polar surface area (TPSA) is 83.6 Å². The van der Waals surface area contributed by atoms with Gasteiger partial charge in [0.15, 0.2) is 0 Å². The summed E-state index contributed by atoms with van der Waals surface area (Å²) < 4.78 is 40.7. The molecule has 6 nitrogen and oxygen atoms in total. The molecule has 33 heavy (non-hydrogen) atoms. The van der Waals surface area contributed by atoms with Crippen molar-refractivity contribution in [1.82, 2.24) is 20.1 Å². The molecule has 0 bridgehead atoms. The molecule has 0 unspecified atom stereocenters. The summed E-state index contributed by atoms with van der Waals surface area (Å²) in [5.74, 6) is -0.375. The Bertz CT molecular complexity index is 1350. The molecule has 0 aliphatic rings. The monoisotopic (exact) mass is 449 g/mol. The highest BCUT2D eigenvalue weighted by atomic mass is 19.4. The second-order valence-electron chi connectivity index (χ2n) is 7.36. The summed E-state index contributed by atoms with van der Waals surface area (Å²) in [6, 6.07) is 16.1. The first kappa shape index (κ1) is 22.0. The predicted octanol–water partition coefficient (Wildman–Crippen LogP) is 4.81. The van der Waals surface area contributed by atoms with Crippen LogP contribution < -0.4 is 5.32 Å². The number of amides is 1. The summed E-state index contributed by atoms with van der Waals surface area (Å²) in [5.41, 5.74) is 2.25. The van der Waals surface area contributed by atoms with Crippen molar-refractivity contribution in [2.24, 2.45) is 0 Å². The number of carbonyl (C=O) groups is 1. The van der Waals surface area contributed by atoms with Crippen LogP contribution in [0.4, 0.5) is 13.2 Å². The Balaban J connectivity index is 1.63. The minimum Gasteiger partial charge on any atom is -0.350 e. The highest BCUT2D eigenvalue weighted by molar-refractivity contribution is 5.97. The lowest BCUT2D eigenvalue weighted by atomic mass is 10.0. The predicted molar refractivity (Wildman–Crippen MR) is 116 cm³/mol. The van der Waals surface area contributed by atoms with E-state index in [-0.39, 0.29) is 31.1 Å². The van der Waals surface area contributed by atoms with E-state index in [1.807, 2.05) is 24.3 Å². The van der Waals surface area contributed by atoms with Crippen molar-refractivity contribution in [2.75, 3.05) is 6.54 Å². The van der Waals surface area contributed by atoms with E-state index in [2.05, 4.69) is 15.4 Å². The number of halogens is 3. The van der Waals surface area contributed by atoms with E-state index >= 15 is 0 Å². The average Bonchev–Trinajstić information content (AvgIpc) is 3.21. The fourth-order valence-corrected chi connectivity index (χ4v) is 3.50. The number of aromatic nitrogens is 3. The Labute approximate surface area is 187 Å². The van der Waals surface area contributed by atoms with Gasteiger partial charge in [-0.3, -0.25) is 14.5 Å². The first-order chi connectivity index (χ1) is 15.8. The van der Waals surface area contributed by atoms with Gasteiger partial charge in [0.2, 0.25) is 0 Å². The molecule has 4 rings (SSSR count). The van der Waals surface area contributed by atoms with Crippen molar-refractivity contribution in [3.63, 3.8) is 0 Å². The summed E-state index contributed by atoms with van der Waals surface area (Å²) in [4.78, 5) is 16.4. The van der Waals surface area contributed by atoms with Crippen LogP contribution in [0, 0.1) is 11.3 Å². The zero-order valence-corrected chi connectivity index (χ0v) is 17.3. The molecule has 1 N–H and O–H groups in total. The fourth-order valence-electron chi connectivity index (χ4n) is 3.50. The second kappa shape index (κ2) is 9.12. The van der Waals surface area contributed by atoms with E-state index in [1.54, 1.807) is 29.1 Å². The minimum atomic E-state index is -4.40. The Hall–Kier alpha value is -4.19. The Morgan fingerprint density at radius 2 is 1.94 bits per heavy atom. The molecule has 0 aliphatic heterocycles. The lowest BCUT2D eigenvalue weighted by Gasteiger charge is -2.08. The van der Waals surface area contributed by atoms with Crippen LogP contribution in [-0.4, -0.2) is 27.2 Å². The number of nitriles is 1. The maximum Gasteiger partial charge on any atom is 0.416 e. The zero-order valence-electron chi connectivity index (χ0n) is 17.3. The zero-order chi connectivity index (χ0) is 23.4. The molecule has 0 spiro atoms. The van der Waals surface area contributed by atoms with Crippen molar-refractivity contribution in [1.29, 1.82) is 5.26 Å². The van der Waals surface area contributed by atoms with Gasteiger partial charge in [0.05, 0.1) is 30.1 Å². The summed E-state index contributed by atoms with van der Waals surface area (Å²) in [6.07, 6.45) is -0.897. The number of fused-ring (bicyclic) bond motifs is 1. The number of nitrogens with zero attached hydrogens (tertiary/aromatic N) is 4. The molecule has 0 saturated heterocycles. The van der Waals surface area contributed by atoms with Gasteiger partial charge in [0, 0.05) is 24.3 Å². The summed E-state index contributed by atoms with van der Waals surface area (Å²) in [6.45, 7) is 0.417. The molecule has 9 heteroatoms. The van der Waals surface area contributed by atoms with E-state index in [4.69, 9.17) is 5.26 Å². The first-order valence-corrected chi connectivity index (χ1v) is 10.1. The van der Waals surface area contributed by atoms with Gasteiger partial charge in [0.25, 0.3) is 5.91 Å². The summed E-state index contributed by atoms with van der Waals surface area (Å²) in [5, 5.41) is 16.6. The molecular weight excluding hydrogens is 431 g/mol. The normalized spacial score (nSPS) is 11.3. The van der Waals surface area contributed by atoms with Crippen molar-refractivity contribution in [3.8, 4) is 17.2 Å². The van der Waals surface area contributed by atoms with Crippen LogP contribution >= 0.6 is 0 Å². The van der Waals surface area contributed by atoms with Crippen LogP contribution in [0.3, 0.4) is 0 Å². The number of nitrogens with one attached hydrogen (secondary N) is 1. The van der Waals surface area contributed by atoms with Gasteiger partial charge in [-0.05, 0) is 47.0 Å². The molecular formula is C24H18F3N5O. The highest BCUT2D eigenvalue weighted by Gasteiger charge is 2.30. The number of benzene rings is 2. The molecule has 0 saturated carbocycles. The van der Waals surface area contributed by atoms with Crippen molar-refractivity contribution >= 4 is 16.8 Å². The molecule has 4 aromatic rings. The van der Waals surface area contributed by atoms with Crippen LogP contribution in [-0.2, 0) is 12.7 Å². The number of rotatable bonds is 6. The van der Waals surface area contributed by atoms with Gasteiger partial charge in [-0.2, -0.15) is 23.5 Å². The third-order valence-corrected chi connectivity index (χ3v) is 5.02. The smallest absolute Gasteiger partial charge is 0.350 e. The maximum absolute atomic E-state index is 13.0. The highest BCUT2D eigenvalue weighted by Crippen LogP contribution is 2.31. The summed E-state index contributed by atoms with van der Waals surface area (Å²) in [7, 11) is 0. The first-order valence-electron chi connectivity index (χ1n) is 10.1. The van der Waals surface area contributed by atoms with E-state index in [0.717, 1.165) is 28.6 Å². The molecule has 1 amide bonds. The fraction of sp³-hybridized carbons (Fsp3) is 0.167. The molecule has 0 atom stereocenters. The maximum atomic E-state index is 13.0. The number of hydrogen-bond donors (Lipinski definition) is 1. The lowest BCUT2D eigenvalue weighted by Crippen LogP contribution is -2.25. The second-order valence-corrected chi connectivity index (χ2v) is 7.36. The average molecular weight is 449 g/mol. The van der Waals surface area contributed by atoms with Gasteiger partial charge in [-0.25, -0.2) is 0 Å². The largest absolute Gasteiger partial charge is 0.416 e.